The average molecular weight is 138 g/mol. The fraction of sp³-hybridized carbons (Fsp3) is 0.889. The number of carbonyl (C=O) groups excluding carboxylic acids is 1. The van der Waals surface area contributed by atoms with Crippen molar-refractivity contribution in [3.63, 3.8) is 0 Å². The lowest BCUT2D eigenvalue weighted by molar-refractivity contribution is -0.122. The Labute approximate surface area is 61.8 Å². The number of carbonyl (C=O) groups is 1. The van der Waals surface area contributed by atoms with Crippen molar-refractivity contribution in [1.82, 2.24) is 0 Å². The highest BCUT2D eigenvalue weighted by Crippen LogP contribution is 2.55. The number of fused-ring (bicyclic) bond motifs is 1. The standard InChI is InChI=1S/C9H14O/c1-5(2)9-7-3-6(7)4-8(9)10/h5-7,9H,3-4H2,1-2H3. The topological polar surface area (TPSA) is 17.1 Å². The van der Waals surface area contributed by atoms with Crippen LogP contribution >= 0.6 is 0 Å². The third-order valence-corrected chi connectivity index (χ3v) is 2.99. The van der Waals surface area contributed by atoms with E-state index >= 15 is 0 Å². The van der Waals surface area contributed by atoms with Crippen LogP contribution in [0, 0.1) is 23.7 Å². The Morgan fingerprint density at radius 1 is 1.50 bits per heavy atom. The van der Waals surface area contributed by atoms with Crippen LogP contribution in [-0.4, -0.2) is 5.78 Å². The van der Waals surface area contributed by atoms with E-state index in [0.717, 1.165) is 18.3 Å². The zero-order valence-electron chi connectivity index (χ0n) is 6.63. The van der Waals surface area contributed by atoms with Gasteiger partial charge in [0.05, 0.1) is 0 Å². The predicted molar refractivity (Wildman–Crippen MR) is 39.5 cm³/mol. The molecule has 0 saturated heterocycles. The molecule has 2 rings (SSSR count). The quantitative estimate of drug-likeness (QED) is 0.540. The Hall–Kier alpha value is -0.330. The number of ketones is 1. The molecule has 0 amide bonds. The van der Waals surface area contributed by atoms with Gasteiger partial charge in [-0.15, -0.1) is 0 Å². The van der Waals surface area contributed by atoms with E-state index in [2.05, 4.69) is 13.8 Å². The minimum absolute atomic E-state index is 0.435. The minimum Gasteiger partial charge on any atom is -0.299 e. The molecule has 2 aliphatic rings. The highest BCUT2D eigenvalue weighted by molar-refractivity contribution is 5.85. The zero-order valence-corrected chi connectivity index (χ0v) is 6.63. The molecule has 3 unspecified atom stereocenters. The summed E-state index contributed by atoms with van der Waals surface area (Å²) in [6, 6.07) is 0. The Morgan fingerprint density at radius 2 is 2.20 bits per heavy atom. The van der Waals surface area contributed by atoms with Gasteiger partial charge in [0.15, 0.2) is 0 Å². The van der Waals surface area contributed by atoms with Crippen LogP contribution in [0.5, 0.6) is 0 Å². The fourth-order valence-corrected chi connectivity index (χ4v) is 2.44. The highest BCUT2D eigenvalue weighted by atomic mass is 16.1. The summed E-state index contributed by atoms with van der Waals surface area (Å²) in [6.45, 7) is 4.34. The molecule has 0 aromatic carbocycles. The van der Waals surface area contributed by atoms with Crippen molar-refractivity contribution in [1.29, 1.82) is 0 Å². The summed E-state index contributed by atoms with van der Waals surface area (Å²) in [4.78, 5) is 11.3. The van der Waals surface area contributed by atoms with E-state index in [9.17, 15) is 4.79 Å². The van der Waals surface area contributed by atoms with Gasteiger partial charge in [0.1, 0.15) is 5.78 Å². The third-order valence-electron chi connectivity index (χ3n) is 2.99. The third kappa shape index (κ3) is 0.727. The second-order valence-corrected chi connectivity index (χ2v) is 4.10. The molecule has 56 valence electrons. The SMILES string of the molecule is CC(C)C1C(=O)CC2CC21. The largest absolute Gasteiger partial charge is 0.299 e. The van der Waals surface area contributed by atoms with Gasteiger partial charge in [-0.05, 0) is 24.2 Å². The molecule has 2 fully saturated rings. The first-order valence-electron chi connectivity index (χ1n) is 4.23. The van der Waals surface area contributed by atoms with Gasteiger partial charge in [0.2, 0.25) is 0 Å². The lowest BCUT2D eigenvalue weighted by Gasteiger charge is -2.13. The van der Waals surface area contributed by atoms with Crippen molar-refractivity contribution >= 4 is 5.78 Å². The summed E-state index contributed by atoms with van der Waals surface area (Å²) in [7, 11) is 0. The maximum Gasteiger partial charge on any atom is 0.136 e. The van der Waals surface area contributed by atoms with E-state index in [1.807, 2.05) is 0 Å². The molecule has 0 heterocycles. The van der Waals surface area contributed by atoms with Crippen LogP contribution in [0.1, 0.15) is 26.7 Å². The molecule has 0 aromatic rings. The molecule has 0 aromatic heterocycles. The second kappa shape index (κ2) is 1.84. The van der Waals surface area contributed by atoms with Gasteiger partial charge in [-0.1, -0.05) is 13.8 Å². The van der Waals surface area contributed by atoms with E-state index in [1.165, 1.54) is 6.42 Å². The number of hydrogen-bond donors (Lipinski definition) is 0. The number of hydrogen-bond acceptors (Lipinski definition) is 1. The molecule has 1 heteroatoms. The van der Waals surface area contributed by atoms with Crippen LogP contribution in [0.4, 0.5) is 0 Å². The van der Waals surface area contributed by atoms with Gasteiger partial charge in [0, 0.05) is 12.3 Å². The van der Waals surface area contributed by atoms with Crippen LogP contribution in [0.25, 0.3) is 0 Å². The van der Waals surface area contributed by atoms with Crippen molar-refractivity contribution in [2.75, 3.05) is 0 Å². The lowest BCUT2D eigenvalue weighted by Crippen LogP contribution is -2.17. The van der Waals surface area contributed by atoms with E-state index < -0.39 is 0 Å². The summed E-state index contributed by atoms with van der Waals surface area (Å²) in [5.41, 5.74) is 0. The first-order chi connectivity index (χ1) is 4.70. The van der Waals surface area contributed by atoms with Gasteiger partial charge >= 0.3 is 0 Å². The highest BCUT2D eigenvalue weighted by Gasteiger charge is 2.53. The van der Waals surface area contributed by atoms with Crippen molar-refractivity contribution < 1.29 is 4.79 Å². The van der Waals surface area contributed by atoms with Gasteiger partial charge in [-0.25, -0.2) is 0 Å². The fourth-order valence-electron chi connectivity index (χ4n) is 2.44. The van der Waals surface area contributed by atoms with Crippen LogP contribution in [0.2, 0.25) is 0 Å². The van der Waals surface area contributed by atoms with Crippen LogP contribution in [0.15, 0.2) is 0 Å². The Bertz CT molecular complexity index is 172. The van der Waals surface area contributed by atoms with E-state index in [-0.39, 0.29) is 0 Å². The monoisotopic (exact) mass is 138 g/mol. The summed E-state index contributed by atoms with van der Waals surface area (Å²) >= 11 is 0. The smallest absolute Gasteiger partial charge is 0.136 e. The van der Waals surface area contributed by atoms with E-state index in [4.69, 9.17) is 0 Å². The second-order valence-electron chi connectivity index (χ2n) is 4.10. The van der Waals surface area contributed by atoms with Crippen LogP contribution in [-0.2, 0) is 4.79 Å². The maximum absolute atomic E-state index is 11.3. The van der Waals surface area contributed by atoms with Gasteiger partial charge in [-0.2, -0.15) is 0 Å². The average Bonchev–Trinajstić information content (AvgIpc) is 2.42. The van der Waals surface area contributed by atoms with Crippen molar-refractivity contribution in [2.45, 2.75) is 26.7 Å². The van der Waals surface area contributed by atoms with Gasteiger partial charge in [0.25, 0.3) is 0 Å². The molecule has 2 aliphatic carbocycles. The molecule has 0 bridgehead atoms. The molecule has 0 radical (unpaired) electrons. The van der Waals surface area contributed by atoms with E-state index in [1.54, 1.807) is 0 Å². The minimum atomic E-state index is 0.435. The summed E-state index contributed by atoms with van der Waals surface area (Å²) in [6.07, 6.45) is 2.24. The van der Waals surface area contributed by atoms with Crippen molar-refractivity contribution in [3.05, 3.63) is 0 Å². The zero-order chi connectivity index (χ0) is 7.30. The molecule has 0 spiro atoms. The summed E-state index contributed by atoms with van der Waals surface area (Å²) < 4.78 is 0. The van der Waals surface area contributed by atoms with Gasteiger partial charge in [-0.3, -0.25) is 4.79 Å². The molecular weight excluding hydrogens is 124 g/mol. The lowest BCUT2D eigenvalue weighted by atomic mass is 9.90. The number of rotatable bonds is 1. The molecule has 1 nitrogen and oxygen atoms in total. The molecule has 0 N–H and O–H groups in total. The summed E-state index contributed by atoms with van der Waals surface area (Å²) in [5.74, 6) is 3.17. The van der Waals surface area contributed by atoms with Crippen molar-refractivity contribution in [2.24, 2.45) is 23.7 Å². The van der Waals surface area contributed by atoms with Gasteiger partial charge < -0.3 is 0 Å². The Balaban J connectivity index is 2.12. The molecule has 0 aliphatic heterocycles. The van der Waals surface area contributed by atoms with Crippen LogP contribution in [0.3, 0.4) is 0 Å². The molecule has 10 heavy (non-hydrogen) atoms. The van der Waals surface area contributed by atoms with E-state index in [0.29, 0.717) is 17.6 Å². The first kappa shape index (κ1) is 6.38. The normalized spacial score (nSPS) is 44.3. The van der Waals surface area contributed by atoms with Crippen molar-refractivity contribution in [3.8, 4) is 0 Å². The molecule has 2 saturated carbocycles. The Morgan fingerprint density at radius 3 is 2.50 bits per heavy atom. The Kier molecular flexibility index (Phi) is 1.17. The first-order valence-corrected chi connectivity index (χ1v) is 4.23. The predicted octanol–water partition coefficient (Wildman–Crippen LogP) is 1.87. The van der Waals surface area contributed by atoms with Crippen LogP contribution < -0.4 is 0 Å². The maximum atomic E-state index is 11.3. The number of Topliss-reactive ketones (excluding diaryl/α,β-unsaturated/α-hetero) is 1. The molecular formula is C9H14O. The molecule has 3 atom stereocenters. The summed E-state index contributed by atoms with van der Waals surface area (Å²) in [5, 5.41) is 0.